The number of esters is 1. The summed E-state index contributed by atoms with van der Waals surface area (Å²) in [6, 6.07) is 11.2. The maximum absolute atomic E-state index is 12.1. The van der Waals surface area contributed by atoms with Crippen LogP contribution in [0.4, 0.5) is 4.79 Å². The molecule has 1 N–H and O–H groups in total. The fourth-order valence-electron chi connectivity index (χ4n) is 4.98. The van der Waals surface area contributed by atoms with Crippen LogP contribution in [0.2, 0.25) is 0 Å². The molecule has 12 heteroatoms. The second-order valence-electron chi connectivity index (χ2n) is 9.27. The first-order chi connectivity index (χ1) is 18.9. The minimum absolute atomic E-state index is 0.0473. The smallest absolute Gasteiger partial charge is 0.407 e. The predicted octanol–water partition coefficient (Wildman–Crippen LogP) is 3.50. The highest BCUT2D eigenvalue weighted by molar-refractivity contribution is 5.91. The van der Waals surface area contributed by atoms with Gasteiger partial charge in [-0.3, -0.25) is 0 Å². The Hall–Kier alpha value is -4.92. The van der Waals surface area contributed by atoms with Crippen molar-refractivity contribution in [2.45, 2.75) is 32.2 Å². The molecule has 1 fully saturated rings. The number of aromatic nitrogens is 5. The summed E-state index contributed by atoms with van der Waals surface area (Å²) < 4.78 is 14.5. The first-order valence-corrected chi connectivity index (χ1v) is 12.5. The molecule has 4 heterocycles. The highest BCUT2D eigenvalue weighted by Crippen LogP contribution is 2.32. The molecule has 4 aromatic rings. The molecular weight excluding hydrogens is 502 g/mol. The SMILES string of the molecule is COC(=O)c1ccccc1CCOc1cc(-c2nnn(C3CCN(C(=O)O)CC3)c2C)cn2ncc(C#N)c12. The number of likely N-dealkylation sites (tertiary alicyclic amines) is 1. The van der Waals surface area contributed by atoms with Crippen molar-refractivity contribution in [3.63, 3.8) is 0 Å². The van der Waals surface area contributed by atoms with E-state index in [1.54, 1.807) is 22.8 Å². The fraction of sp³-hybridized carbons (Fsp3) is 0.333. The summed E-state index contributed by atoms with van der Waals surface area (Å²) in [5.74, 6) is 0.0468. The quantitative estimate of drug-likeness (QED) is 0.355. The van der Waals surface area contributed by atoms with Gasteiger partial charge in [0, 0.05) is 31.3 Å². The van der Waals surface area contributed by atoms with E-state index in [4.69, 9.17) is 9.47 Å². The fourth-order valence-corrected chi connectivity index (χ4v) is 4.98. The Bertz CT molecular complexity index is 1580. The zero-order chi connectivity index (χ0) is 27.5. The number of carbonyl (C=O) groups excluding carboxylic acids is 1. The number of fused-ring (bicyclic) bond motifs is 1. The van der Waals surface area contributed by atoms with Crippen LogP contribution < -0.4 is 4.74 Å². The average molecular weight is 530 g/mol. The lowest BCUT2D eigenvalue weighted by Crippen LogP contribution is -2.38. The summed E-state index contributed by atoms with van der Waals surface area (Å²) in [4.78, 5) is 24.8. The summed E-state index contributed by atoms with van der Waals surface area (Å²) in [5, 5.41) is 32.0. The Kier molecular flexibility index (Phi) is 7.14. The maximum atomic E-state index is 12.1. The van der Waals surface area contributed by atoms with Gasteiger partial charge in [0.2, 0.25) is 0 Å². The van der Waals surface area contributed by atoms with Gasteiger partial charge in [-0.05, 0) is 37.5 Å². The van der Waals surface area contributed by atoms with Gasteiger partial charge in [0.15, 0.2) is 0 Å². The molecule has 5 rings (SSSR count). The maximum Gasteiger partial charge on any atom is 0.407 e. The number of pyridine rings is 1. The van der Waals surface area contributed by atoms with E-state index >= 15 is 0 Å². The van der Waals surface area contributed by atoms with Gasteiger partial charge in [-0.1, -0.05) is 23.4 Å². The van der Waals surface area contributed by atoms with Gasteiger partial charge >= 0.3 is 12.1 Å². The first-order valence-electron chi connectivity index (χ1n) is 12.5. The number of methoxy groups -OCH3 is 1. The summed E-state index contributed by atoms with van der Waals surface area (Å²) >= 11 is 0. The zero-order valence-electron chi connectivity index (χ0n) is 21.6. The molecular formula is C27H27N7O5. The molecule has 39 heavy (non-hydrogen) atoms. The predicted molar refractivity (Wildman–Crippen MR) is 139 cm³/mol. The highest BCUT2D eigenvalue weighted by atomic mass is 16.5. The molecule has 0 saturated carbocycles. The van der Waals surface area contributed by atoms with Crippen LogP contribution in [0, 0.1) is 18.3 Å². The molecule has 0 unspecified atom stereocenters. The Balaban J connectivity index is 1.42. The van der Waals surface area contributed by atoms with Crippen LogP contribution in [-0.2, 0) is 11.2 Å². The van der Waals surface area contributed by atoms with Crippen molar-refractivity contribution in [3.05, 3.63) is 65.1 Å². The number of nitrogens with zero attached hydrogens (tertiary/aromatic N) is 7. The standard InChI is InChI=1S/C27H27N7O5/c1-17-24(30-31-34(17)21-7-10-32(11-8-21)27(36)37)19-13-23(25-20(14-28)15-29-33(25)16-19)39-12-9-18-5-3-4-6-22(18)26(35)38-2/h3-6,13,15-16,21H,7-12H2,1-2H3,(H,36,37). The second-order valence-corrected chi connectivity index (χ2v) is 9.27. The van der Waals surface area contributed by atoms with Gasteiger partial charge in [-0.15, -0.1) is 5.10 Å². The number of piperidine rings is 1. The highest BCUT2D eigenvalue weighted by Gasteiger charge is 2.26. The molecule has 1 aliphatic rings. The molecule has 3 aromatic heterocycles. The van der Waals surface area contributed by atoms with E-state index in [-0.39, 0.29) is 12.6 Å². The van der Waals surface area contributed by atoms with Crippen molar-refractivity contribution in [1.82, 2.24) is 29.5 Å². The number of nitriles is 1. The molecule has 0 atom stereocenters. The number of rotatable bonds is 7. The summed E-state index contributed by atoms with van der Waals surface area (Å²) in [6.45, 7) is 3.07. The van der Waals surface area contributed by atoms with E-state index in [0.29, 0.717) is 66.0 Å². The summed E-state index contributed by atoms with van der Waals surface area (Å²) in [6.07, 6.45) is 4.11. The summed E-state index contributed by atoms with van der Waals surface area (Å²) in [5.41, 5.74) is 4.38. The van der Waals surface area contributed by atoms with Crippen LogP contribution in [-0.4, -0.2) is 73.5 Å². The van der Waals surface area contributed by atoms with Gasteiger partial charge in [-0.2, -0.15) is 10.4 Å². The third kappa shape index (κ3) is 4.98. The molecule has 200 valence electrons. The molecule has 1 saturated heterocycles. The van der Waals surface area contributed by atoms with Crippen molar-refractivity contribution in [2.75, 3.05) is 26.8 Å². The minimum Gasteiger partial charge on any atom is -0.491 e. The third-order valence-electron chi connectivity index (χ3n) is 7.03. The Morgan fingerprint density at radius 3 is 2.72 bits per heavy atom. The first kappa shape index (κ1) is 25.7. The van der Waals surface area contributed by atoms with Crippen LogP contribution in [0.1, 0.15) is 46.1 Å². The molecule has 1 aliphatic heterocycles. The number of carbonyl (C=O) groups is 2. The van der Waals surface area contributed by atoms with E-state index in [9.17, 15) is 20.0 Å². The molecule has 0 bridgehead atoms. The topological polar surface area (TPSA) is 148 Å². The van der Waals surface area contributed by atoms with Gasteiger partial charge < -0.3 is 19.5 Å². The van der Waals surface area contributed by atoms with Crippen LogP contribution in [0.3, 0.4) is 0 Å². The Morgan fingerprint density at radius 2 is 2.00 bits per heavy atom. The monoisotopic (exact) mass is 529 g/mol. The van der Waals surface area contributed by atoms with Crippen LogP contribution >= 0.6 is 0 Å². The number of hydrogen-bond donors (Lipinski definition) is 1. The van der Waals surface area contributed by atoms with Gasteiger partial charge in [0.25, 0.3) is 0 Å². The Labute approximate surface area is 224 Å². The second kappa shape index (κ2) is 10.8. The Morgan fingerprint density at radius 1 is 1.23 bits per heavy atom. The third-order valence-corrected chi connectivity index (χ3v) is 7.03. The molecule has 0 spiro atoms. The van der Waals surface area contributed by atoms with Crippen molar-refractivity contribution in [1.29, 1.82) is 5.26 Å². The lowest BCUT2D eigenvalue weighted by molar-refractivity contribution is 0.0599. The lowest BCUT2D eigenvalue weighted by atomic mass is 10.0. The number of amides is 1. The van der Waals surface area contributed by atoms with Crippen molar-refractivity contribution < 1.29 is 24.2 Å². The van der Waals surface area contributed by atoms with E-state index in [1.165, 1.54) is 18.2 Å². The van der Waals surface area contributed by atoms with E-state index < -0.39 is 12.1 Å². The number of carboxylic acid groups (broad SMARTS) is 1. The van der Waals surface area contributed by atoms with Crippen molar-refractivity contribution >= 4 is 17.6 Å². The van der Waals surface area contributed by atoms with E-state index in [0.717, 1.165) is 11.3 Å². The zero-order valence-corrected chi connectivity index (χ0v) is 21.6. The van der Waals surface area contributed by atoms with Crippen molar-refractivity contribution in [2.24, 2.45) is 0 Å². The van der Waals surface area contributed by atoms with Gasteiger partial charge in [0.1, 0.15) is 28.6 Å². The largest absolute Gasteiger partial charge is 0.491 e. The molecule has 1 aromatic carbocycles. The number of ether oxygens (including phenoxy) is 2. The van der Waals surface area contributed by atoms with Gasteiger partial charge in [0.05, 0.1) is 37.2 Å². The van der Waals surface area contributed by atoms with E-state index in [2.05, 4.69) is 21.5 Å². The van der Waals surface area contributed by atoms with Crippen molar-refractivity contribution in [3.8, 4) is 23.1 Å². The number of hydrogen-bond acceptors (Lipinski definition) is 8. The summed E-state index contributed by atoms with van der Waals surface area (Å²) in [7, 11) is 1.35. The molecule has 12 nitrogen and oxygen atoms in total. The molecule has 0 aliphatic carbocycles. The molecule has 0 radical (unpaired) electrons. The normalized spacial score (nSPS) is 13.8. The minimum atomic E-state index is -0.907. The number of benzene rings is 1. The lowest BCUT2D eigenvalue weighted by Gasteiger charge is -2.30. The van der Waals surface area contributed by atoms with Crippen LogP contribution in [0.5, 0.6) is 5.75 Å². The van der Waals surface area contributed by atoms with Gasteiger partial charge in [-0.25, -0.2) is 18.8 Å². The average Bonchev–Trinajstić information content (AvgIpc) is 3.56. The van der Waals surface area contributed by atoms with E-state index in [1.807, 2.05) is 29.8 Å². The van der Waals surface area contributed by atoms with Crippen LogP contribution in [0.25, 0.3) is 16.8 Å². The molecule has 1 amide bonds. The van der Waals surface area contributed by atoms with Crippen LogP contribution in [0.15, 0.2) is 42.7 Å².